The quantitative estimate of drug-likeness (QED) is 0.602. The number of nitrogens with zero attached hydrogens (tertiary/aromatic N) is 3. The molecule has 0 aromatic carbocycles. The van der Waals surface area contributed by atoms with Gasteiger partial charge in [-0.15, -0.1) is 5.10 Å². The molecule has 0 aliphatic rings. The number of alkyl halides is 3. The maximum absolute atomic E-state index is 12.2. The summed E-state index contributed by atoms with van der Waals surface area (Å²) in [5.74, 6) is -0.687. The molecule has 0 saturated carbocycles. The van der Waals surface area contributed by atoms with Crippen molar-refractivity contribution in [1.82, 2.24) is 14.9 Å². The third-order valence-electron chi connectivity index (χ3n) is 2.34. The molecule has 0 amide bonds. The number of pyridine rings is 1. The van der Waals surface area contributed by atoms with E-state index in [1.807, 2.05) is 0 Å². The third kappa shape index (κ3) is 2.95. The fraction of sp³-hybridized carbons (Fsp3) is 0.300. The summed E-state index contributed by atoms with van der Waals surface area (Å²) in [5.41, 5.74) is -5.87. The van der Waals surface area contributed by atoms with Crippen LogP contribution in [0.15, 0.2) is 18.5 Å². The summed E-state index contributed by atoms with van der Waals surface area (Å²) < 4.78 is 67.1. The zero-order valence-electron chi connectivity index (χ0n) is 10.9. The van der Waals surface area contributed by atoms with Crippen LogP contribution >= 0.6 is 0 Å². The second-order valence-electron chi connectivity index (χ2n) is 3.85. The second kappa shape index (κ2) is 5.44. The van der Waals surface area contributed by atoms with E-state index in [0.717, 1.165) is 12.4 Å². The molecule has 8 nitrogen and oxygen atoms in total. The Hall–Kier alpha value is -2.37. The van der Waals surface area contributed by atoms with Gasteiger partial charge in [0.25, 0.3) is 0 Å². The summed E-state index contributed by atoms with van der Waals surface area (Å²) in [7, 11) is -5.88. The lowest BCUT2D eigenvalue weighted by atomic mass is 10.2. The SMILES string of the molecule is CCOC(=O)c1cnc2c(cnn2OS(=O)(=O)C(F)(F)F)c1. The van der Waals surface area contributed by atoms with Gasteiger partial charge in [-0.3, -0.25) is 4.28 Å². The highest BCUT2D eigenvalue weighted by atomic mass is 32.2. The number of carbonyl (C=O) groups is 1. The van der Waals surface area contributed by atoms with Crippen molar-refractivity contribution in [2.75, 3.05) is 6.61 Å². The van der Waals surface area contributed by atoms with Gasteiger partial charge in [0.2, 0.25) is 5.65 Å². The lowest BCUT2D eigenvalue weighted by Crippen LogP contribution is -2.33. The minimum absolute atomic E-state index is 0.0348. The van der Waals surface area contributed by atoms with E-state index in [9.17, 15) is 26.4 Å². The van der Waals surface area contributed by atoms with Crippen LogP contribution in [0.25, 0.3) is 11.0 Å². The van der Waals surface area contributed by atoms with Gasteiger partial charge in [0, 0.05) is 11.6 Å². The van der Waals surface area contributed by atoms with Crippen molar-refractivity contribution < 1.29 is 35.4 Å². The standard InChI is InChI=1S/C10H8F3N3O5S/c1-2-20-9(17)7-3-6-5-15-16(8(6)14-4-7)21-22(18,19)10(11,12)13/h3-5H,2H2,1H3. The van der Waals surface area contributed by atoms with E-state index >= 15 is 0 Å². The maximum Gasteiger partial charge on any atom is 0.536 e. The molecular weight excluding hydrogens is 331 g/mol. The average molecular weight is 339 g/mol. The molecule has 2 rings (SSSR count). The molecule has 0 spiro atoms. The van der Waals surface area contributed by atoms with E-state index in [-0.39, 0.29) is 28.0 Å². The Morgan fingerprint density at radius 3 is 2.64 bits per heavy atom. The van der Waals surface area contributed by atoms with Crippen molar-refractivity contribution in [2.24, 2.45) is 0 Å². The minimum Gasteiger partial charge on any atom is -0.462 e. The number of esters is 1. The molecule has 120 valence electrons. The molecule has 0 aliphatic carbocycles. The molecule has 0 saturated heterocycles. The Labute approximate surface area is 121 Å². The van der Waals surface area contributed by atoms with Gasteiger partial charge in [-0.2, -0.15) is 21.6 Å². The van der Waals surface area contributed by atoms with Gasteiger partial charge in [-0.25, -0.2) is 9.78 Å². The van der Waals surface area contributed by atoms with Gasteiger partial charge in [0.1, 0.15) is 0 Å². The maximum atomic E-state index is 12.2. The van der Waals surface area contributed by atoms with E-state index in [4.69, 9.17) is 4.74 Å². The highest BCUT2D eigenvalue weighted by molar-refractivity contribution is 7.87. The van der Waals surface area contributed by atoms with E-state index in [1.54, 1.807) is 6.92 Å². The van der Waals surface area contributed by atoms with Crippen molar-refractivity contribution in [3.63, 3.8) is 0 Å². The molecule has 2 aromatic heterocycles. The zero-order valence-corrected chi connectivity index (χ0v) is 11.7. The van der Waals surface area contributed by atoms with Crippen LogP contribution in [-0.4, -0.2) is 41.4 Å². The van der Waals surface area contributed by atoms with Gasteiger partial charge >= 0.3 is 21.6 Å². The first kappa shape index (κ1) is 16.0. The van der Waals surface area contributed by atoms with Crippen molar-refractivity contribution in [2.45, 2.75) is 12.4 Å². The fourth-order valence-corrected chi connectivity index (χ4v) is 1.79. The van der Waals surface area contributed by atoms with Crippen LogP contribution in [0.1, 0.15) is 17.3 Å². The van der Waals surface area contributed by atoms with E-state index in [2.05, 4.69) is 14.4 Å². The second-order valence-corrected chi connectivity index (χ2v) is 5.37. The summed E-state index contributed by atoms with van der Waals surface area (Å²) >= 11 is 0. The van der Waals surface area contributed by atoms with Crippen LogP contribution in [0.5, 0.6) is 0 Å². The van der Waals surface area contributed by atoms with Gasteiger partial charge in [-0.05, 0) is 13.0 Å². The largest absolute Gasteiger partial charge is 0.536 e. The predicted molar refractivity (Wildman–Crippen MR) is 65.0 cm³/mol. The molecule has 0 radical (unpaired) electrons. The third-order valence-corrected chi connectivity index (χ3v) is 3.25. The fourth-order valence-electron chi connectivity index (χ4n) is 1.41. The molecule has 0 bridgehead atoms. The first-order valence-corrected chi connectivity index (χ1v) is 7.08. The Morgan fingerprint density at radius 1 is 1.36 bits per heavy atom. The number of aromatic nitrogens is 3. The van der Waals surface area contributed by atoms with E-state index < -0.39 is 21.6 Å². The molecule has 2 aromatic rings. The summed E-state index contributed by atoms with van der Waals surface area (Å²) in [6.45, 7) is 1.72. The average Bonchev–Trinajstić information content (AvgIpc) is 2.79. The van der Waals surface area contributed by atoms with Crippen LogP contribution in [0.4, 0.5) is 13.2 Å². The predicted octanol–water partition coefficient (Wildman–Crippen LogP) is 0.886. The smallest absolute Gasteiger partial charge is 0.462 e. The molecule has 0 fully saturated rings. The summed E-state index contributed by atoms with van der Waals surface area (Å²) in [5, 5.41) is 3.44. The van der Waals surface area contributed by atoms with Crippen molar-refractivity contribution in [1.29, 1.82) is 0 Å². The van der Waals surface area contributed by atoms with Crippen molar-refractivity contribution in [3.05, 3.63) is 24.0 Å². The number of halogens is 3. The molecule has 22 heavy (non-hydrogen) atoms. The Kier molecular flexibility index (Phi) is 3.96. The first-order valence-electron chi connectivity index (χ1n) is 5.68. The number of hydrogen-bond acceptors (Lipinski definition) is 7. The van der Waals surface area contributed by atoms with Crippen molar-refractivity contribution >= 4 is 27.1 Å². The van der Waals surface area contributed by atoms with Gasteiger partial charge in [-0.1, -0.05) is 4.85 Å². The Balaban J connectivity index is 2.37. The van der Waals surface area contributed by atoms with E-state index in [0.29, 0.717) is 0 Å². The summed E-state index contributed by atoms with van der Waals surface area (Å²) in [4.78, 5) is 15.2. The number of rotatable bonds is 4. The Morgan fingerprint density at radius 2 is 2.05 bits per heavy atom. The summed E-state index contributed by atoms with van der Waals surface area (Å²) in [6, 6.07) is 1.23. The molecule has 2 heterocycles. The highest BCUT2D eigenvalue weighted by Gasteiger charge is 2.49. The molecule has 0 N–H and O–H groups in total. The highest BCUT2D eigenvalue weighted by Crippen LogP contribution is 2.23. The Bertz CT molecular complexity index is 815. The van der Waals surface area contributed by atoms with Crippen molar-refractivity contribution in [3.8, 4) is 0 Å². The normalized spacial score (nSPS) is 12.4. The van der Waals surface area contributed by atoms with Crippen LogP contribution in [0, 0.1) is 0 Å². The topological polar surface area (TPSA) is 100 Å². The van der Waals surface area contributed by atoms with Gasteiger partial charge < -0.3 is 4.74 Å². The minimum atomic E-state index is -5.88. The molecule has 0 aliphatic heterocycles. The first-order chi connectivity index (χ1) is 10.2. The van der Waals surface area contributed by atoms with Crippen LogP contribution < -0.4 is 4.28 Å². The molecule has 0 atom stereocenters. The number of carbonyl (C=O) groups excluding carboxylic acids is 1. The monoisotopic (exact) mass is 339 g/mol. The zero-order chi connectivity index (χ0) is 16.5. The number of fused-ring (bicyclic) bond motifs is 1. The molecule has 12 heteroatoms. The lowest BCUT2D eigenvalue weighted by Gasteiger charge is -2.08. The number of hydrogen-bond donors (Lipinski definition) is 0. The van der Waals surface area contributed by atoms with Gasteiger partial charge in [0.15, 0.2) is 0 Å². The summed E-state index contributed by atoms with van der Waals surface area (Å²) in [6.07, 6.45) is 2.00. The van der Waals surface area contributed by atoms with Crippen LogP contribution in [0.2, 0.25) is 0 Å². The molecule has 0 unspecified atom stereocenters. The lowest BCUT2D eigenvalue weighted by molar-refractivity contribution is -0.0553. The van der Waals surface area contributed by atoms with E-state index in [1.165, 1.54) is 6.07 Å². The molecular formula is C10H8F3N3O5S. The van der Waals surface area contributed by atoms with Crippen LogP contribution in [-0.2, 0) is 14.9 Å². The van der Waals surface area contributed by atoms with Crippen LogP contribution in [0.3, 0.4) is 0 Å². The van der Waals surface area contributed by atoms with Gasteiger partial charge in [0.05, 0.1) is 18.4 Å². The number of ether oxygens (including phenoxy) is 1.